The second-order valence-corrected chi connectivity index (χ2v) is 3.96. The van der Waals surface area contributed by atoms with Crippen LogP contribution in [0.4, 0.5) is 5.82 Å². The zero-order valence-electron chi connectivity index (χ0n) is 9.98. The number of aryl methyl sites for hydroxylation is 1. The second kappa shape index (κ2) is 4.44. The quantitative estimate of drug-likeness (QED) is 0.723. The van der Waals surface area contributed by atoms with Gasteiger partial charge >= 0.3 is 0 Å². The molecule has 0 fully saturated rings. The number of rotatable bonds is 4. The molecule has 0 saturated heterocycles. The molecule has 0 aliphatic carbocycles. The van der Waals surface area contributed by atoms with Crippen LogP contribution in [0.25, 0.3) is 5.65 Å². The van der Waals surface area contributed by atoms with E-state index in [0.29, 0.717) is 0 Å². The van der Waals surface area contributed by atoms with Gasteiger partial charge in [-0.1, -0.05) is 0 Å². The molecule has 3 aromatic heterocycles. The summed E-state index contributed by atoms with van der Waals surface area (Å²) < 4.78 is 3.70. The Morgan fingerprint density at radius 1 is 1.33 bits per heavy atom. The predicted molar refractivity (Wildman–Crippen MR) is 66.2 cm³/mol. The summed E-state index contributed by atoms with van der Waals surface area (Å²) in [5.41, 5.74) is 1.92. The van der Waals surface area contributed by atoms with E-state index in [-0.39, 0.29) is 0 Å². The lowest BCUT2D eigenvalue weighted by Gasteiger charge is -2.06. The third-order valence-electron chi connectivity index (χ3n) is 2.81. The topological polar surface area (TPSA) is 72.9 Å². The summed E-state index contributed by atoms with van der Waals surface area (Å²) in [5.74, 6) is 0.747. The van der Waals surface area contributed by atoms with Crippen molar-refractivity contribution in [3.63, 3.8) is 0 Å². The van der Waals surface area contributed by atoms with Gasteiger partial charge in [0, 0.05) is 44.3 Å². The Balaban J connectivity index is 1.70. The number of nitrogens with zero attached hydrogens (tertiary/aromatic N) is 6. The van der Waals surface area contributed by atoms with Crippen molar-refractivity contribution in [1.82, 2.24) is 29.4 Å². The first-order chi connectivity index (χ1) is 8.84. The molecule has 0 bridgehead atoms. The van der Waals surface area contributed by atoms with E-state index in [1.165, 1.54) is 5.69 Å². The highest BCUT2D eigenvalue weighted by Crippen LogP contribution is 2.09. The standard InChI is InChI=1S/C11H13N7/c1-17-9(3-5-15-17)2-4-12-10-11-16-14-8-18(11)7-6-13-10/h3,5-8H,2,4H2,1H3,(H,12,13). The Hall–Kier alpha value is -2.44. The summed E-state index contributed by atoms with van der Waals surface area (Å²) in [6.45, 7) is 0.777. The molecule has 1 N–H and O–H groups in total. The summed E-state index contributed by atoms with van der Waals surface area (Å²) in [5, 5.41) is 15.3. The Morgan fingerprint density at radius 3 is 3.11 bits per heavy atom. The van der Waals surface area contributed by atoms with Crippen LogP contribution in [-0.2, 0) is 13.5 Å². The van der Waals surface area contributed by atoms with Gasteiger partial charge in [-0.25, -0.2) is 4.98 Å². The van der Waals surface area contributed by atoms with Crippen molar-refractivity contribution in [1.29, 1.82) is 0 Å². The van der Waals surface area contributed by atoms with Gasteiger partial charge in [0.2, 0.25) is 5.65 Å². The van der Waals surface area contributed by atoms with E-state index in [1.54, 1.807) is 18.7 Å². The first kappa shape index (κ1) is 10.7. The third-order valence-corrected chi connectivity index (χ3v) is 2.81. The van der Waals surface area contributed by atoms with Gasteiger partial charge in [0.25, 0.3) is 0 Å². The molecule has 3 heterocycles. The predicted octanol–water partition coefficient (Wildman–Crippen LogP) is 0.512. The molecule has 0 saturated carbocycles. The first-order valence-electron chi connectivity index (χ1n) is 5.70. The lowest BCUT2D eigenvalue weighted by molar-refractivity contribution is 0.711. The van der Waals surface area contributed by atoms with Gasteiger partial charge in [0.1, 0.15) is 6.33 Å². The molecule has 0 atom stereocenters. The molecule has 0 aliphatic heterocycles. The minimum atomic E-state index is 0.738. The SMILES string of the molecule is Cn1nccc1CCNc1nccn2cnnc12. The van der Waals surface area contributed by atoms with E-state index in [4.69, 9.17) is 0 Å². The van der Waals surface area contributed by atoms with Crippen LogP contribution in [0.3, 0.4) is 0 Å². The first-order valence-corrected chi connectivity index (χ1v) is 5.70. The van der Waals surface area contributed by atoms with E-state index in [1.807, 2.05) is 28.4 Å². The molecule has 3 rings (SSSR count). The van der Waals surface area contributed by atoms with Crippen LogP contribution in [0, 0.1) is 0 Å². The lowest BCUT2D eigenvalue weighted by Crippen LogP contribution is -2.10. The summed E-state index contributed by atoms with van der Waals surface area (Å²) >= 11 is 0. The average molecular weight is 243 g/mol. The van der Waals surface area contributed by atoms with Gasteiger partial charge in [-0.2, -0.15) is 5.10 Å². The lowest BCUT2D eigenvalue weighted by atomic mass is 10.3. The summed E-state index contributed by atoms with van der Waals surface area (Å²) in [6.07, 6.45) is 7.88. The van der Waals surface area contributed by atoms with Crippen molar-refractivity contribution in [2.45, 2.75) is 6.42 Å². The molecule has 7 nitrogen and oxygen atoms in total. The minimum absolute atomic E-state index is 0.738. The van der Waals surface area contributed by atoms with E-state index in [0.717, 1.165) is 24.4 Å². The molecule has 0 spiro atoms. The smallest absolute Gasteiger partial charge is 0.203 e. The molecule has 0 unspecified atom stereocenters. The maximum Gasteiger partial charge on any atom is 0.203 e. The molecule has 3 aromatic rings. The fraction of sp³-hybridized carbons (Fsp3) is 0.273. The molecule has 7 heteroatoms. The van der Waals surface area contributed by atoms with Crippen LogP contribution >= 0.6 is 0 Å². The van der Waals surface area contributed by atoms with Crippen LogP contribution < -0.4 is 5.32 Å². The van der Waals surface area contributed by atoms with Crippen LogP contribution in [0.2, 0.25) is 0 Å². The maximum atomic E-state index is 4.26. The Kier molecular flexibility index (Phi) is 2.64. The zero-order valence-corrected chi connectivity index (χ0v) is 9.98. The largest absolute Gasteiger partial charge is 0.367 e. The molecular formula is C11H13N7. The number of nitrogens with one attached hydrogen (secondary N) is 1. The van der Waals surface area contributed by atoms with Crippen LogP contribution in [-0.4, -0.2) is 35.9 Å². The maximum absolute atomic E-state index is 4.26. The molecular weight excluding hydrogens is 230 g/mol. The summed E-state index contributed by atoms with van der Waals surface area (Å²) in [7, 11) is 1.94. The van der Waals surface area contributed by atoms with Gasteiger partial charge < -0.3 is 5.32 Å². The van der Waals surface area contributed by atoms with Gasteiger partial charge in [0.15, 0.2) is 5.82 Å². The molecule has 0 aliphatic rings. The molecule has 18 heavy (non-hydrogen) atoms. The fourth-order valence-electron chi connectivity index (χ4n) is 1.84. The van der Waals surface area contributed by atoms with E-state index in [9.17, 15) is 0 Å². The van der Waals surface area contributed by atoms with Gasteiger partial charge in [-0.3, -0.25) is 9.08 Å². The van der Waals surface area contributed by atoms with Crippen molar-refractivity contribution in [2.24, 2.45) is 7.05 Å². The van der Waals surface area contributed by atoms with Crippen molar-refractivity contribution in [3.05, 3.63) is 36.7 Å². The average Bonchev–Trinajstić information content (AvgIpc) is 2.99. The highest BCUT2D eigenvalue weighted by Gasteiger charge is 2.04. The fourth-order valence-corrected chi connectivity index (χ4v) is 1.84. The van der Waals surface area contributed by atoms with Gasteiger partial charge in [-0.15, -0.1) is 10.2 Å². The number of aromatic nitrogens is 6. The number of anilines is 1. The van der Waals surface area contributed by atoms with E-state index < -0.39 is 0 Å². The summed E-state index contributed by atoms with van der Waals surface area (Å²) in [4.78, 5) is 4.26. The van der Waals surface area contributed by atoms with E-state index >= 15 is 0 Å². The van der Waals surface area contributed by atoms with Crippen LogP contribution in [0.15, 0.2) is 31.0 Å². The van der Waals surface area contributed by atoms with Crippen molar-refractivity contribution < 1.29 is 0 Å². The number of fused-ring (bicyclic) bond motifs is 1. The van der Waals surface area contributed by atoms with Gasteiger partial charge in [0.05, 0.1) is 0 Å². The molecule has 0 aromatic carbocycles. The monoisotopic (exact) mass is 243 g/mol. The Morgan fingerprint density at radius 2 is 2.28 bits per heavy atom. The zero-order chi connectivity index (χ0) is 12.4. The minimum Gasteiger partial charge on any atom is -0.367 e. The number of hydrogen-bond donors (Lipinski definition) is 1. The van der Waals surface area contributed by atoms with Crippen molar-refractivity contribution >= 4 is 11.5 Å². The normalized spacial score (nSPS) is 10.9. The molecule has 0 radical (unpaired) electrons. The Bertz CT molecular complexity index is 654. The van der Waals surface area contributed by atoms with E-state index in [2.05, 4.69) is 25.6 Å². The van der Waals surface area contributed by atoms with Crippen molar-refractivity contribution in [2.75, 3.05) is 11.9 Å². The molecule has 0 amide bonds. The Labute approximate surface area is 103 Å². The summed E-state index contributed by atoms with van der Waals surface area (Å²) in [6, 6.07) is 2.01. The second-order valence-electron chi connectivity index (χ2n) is 3.96. The highest BCUT2D eigenvalue weighted by molar-refractivity contribution is 5.61. The van der Waals surface area contributed by atoms with Crippen LogP contribution in [0.1, 0.15) is 5.69 Å². The number of hydrogen-bond acceptors (Lipinski definition) is 5. The van der Waals surface area contributed by atoms with Crippen LogP contribution in [0.5, 0.6) is 0 Å². The van der Waals surface area contributed by atoms with Gasteiger partial charge in [-0.05, 0) is 6.07 Å². The third kappa shape index (κ3) is 1.90. The molecule has 92 valence electrons. The highest BCUT2D eigenvalue weighted by atomic mass is 15.3. The van der Waals surface area contributed by atoms with Crippen molar-refractivity contribution in [3.8, 4) is 0 Å².